The van der Waals surface area contributed by atoms with Crippen LogP contribution in [-0.4, -0.2) is 28.5 Å². The highest BCUT2D eigenvalue weighted by molar-refractivity contribution is 7.22. The van der Waals surface area contributed by atoms with E-state index in [-0.39, 0.29) is 11.4 Å². The largest absolute Gasteiger partial charge is 0.457 e. The number of pyridine rings is 1. The van der Waals surface area contributed by atoms with Crippen LogP contribution >= 0.6 is 11.3 Å². The molecule has 0 aliphatic heterocycles. The first-order valence-corrected chi connectivity index (χ1v) is 11.2. The van der Waals surface area contributed by atoms with Crippen molar-refractivity contribution in [3.63, 3.8) is 0 Å². The molecule has 0 unspecified atom stereocenters. The SMILES string of the molecule is C\C=C/C=C\C=C(/C)C(C)(C)Nc1nc2ccc(Oc3ccnc(C(=O)NC)c3)cc2s1. The number of ether oxygens (including phenoxy) is 1. The summed E-state index contributed by atoms with van der Waals surface area (Å²) in [7, 11) is 1.57. The Kier molecular flexibility index (Phi) is 7.43. The summed E-state index contributed by atoms with van der Waals surface area (Å²) in [6.45, 7) is 8.37. The smallest absolute Gasteiger partial charge is 0.269 e. The van der Waals surface area contributed by atoms with E-state index < -0.39 is 0 Å². The van der Waals surface area contributed by atoms with Crippen molar-refractivity contribution in [2.45, 2.75) is 33.2 Å². The molecule has 0 spiro atoms. The molecule has 2 heterocycles. The maximum atomic E-state index is 11.8. The minimum atomic E-state index is -0.256. The average Bonchev–Trinajstić information content (AvgIpc) is 3.16. The first kappa shape index (κ1) is 23.2. The molecule has 3 rings (SSSR count). The van der Waals surface area contributed by atoms with Crippen LogP contribution in [0.3, 0.4) is 0 Å². The van der Waals surface area contributed by atoms with Crippen molar-refractivity contribution in [2.75, 3.05) is 12.4 Å². The summed E-state index contributed by atoms with van der Waals surface area (Å²) in [6, 6.07) is 9.09. The minimum Gasteiger partial charge on any atom is -0.457 e. The van der Waals surface area contributed by atoms with Gasteiger partial charge in [-0.1, -0.05) is 41.7 Å². The molecule has 0 aliphatic carbocycles. The summed E-state index contributed by atoms with van der Waals surface area (Å²) in [5.41, 5.74) is 2.16. The topological polar surface area (TPSA) is 76.1 Å². The van der Waals surface area contributed by atoms with Gasteiger partial charge in [0.25, 0.3) is 5.91 Å². The van der Waals surface area contributed by atoms with Gasteiger partial charge in [-0.25, -0.2) is 4.98 Å². The Bertz CT molecular complexity index is 1190. The van der Waals surface area contributed by atoms with Gasteiger partial charge in [-0.2, -0.15) is 0 Å². The Hall–Kier alpha value is -3.45. The average molecular weight is 449 g/mol. The molecule has 1 aromatic carbocycles. The van der Waals surface area contributed by atoms with Crippen LogP contribution in [0.15, 0.2) is 72.5 Å². The predicted octanol–water partition coefficient (Wildman–Crippen LogP) is 6.11. The number of hydrogen-bond acceptors (Lipinski definition) is 6. The molecule has 0 aliphatic rings. The number of allylic oxidation sites excluding steroid dienone is 5. The van der Waals surface area contributed by atoms with Gasteiger partial charge in [0, 0.05) is 25.4 Å². The van der Waals surface area contributed by atoms with Crippen molar-refractivity contribution in [2.24, 2.45) is 0 Å². The maximum absolute atomic E-state index is 11.8. The summed E-state index contributed by atoms with van der Waals surface area (Å²) in [5.74, 6) is 0.966. The minimum absolute atomic E-state index is 0.249. The number of thiazole rings is 1. The van der Waals surface area contributed by atoms with Crippen molar-refractivity contribution in [1.29, 1.82) is 0 Å². The lowest BCUT2D eigenvalue weighted by atomic mass is 9.95. The Balaban J connectivity index is 1.77. The third kappa shape index (κ3) is 5.82. The number of nitrogens with zero attached hydrogens (tertiary/aromatic N) is 2. The van der Waals surface area contributed by atoms with Gasteiger partial charge in [0.1, 0.15) is 17.2 Å². The van der Waals surface area contributed by atoms with Gasteiger partial charge >= 0.3 is 0 Å². The molecule has 0 saturated carbocycles. The molecule has 32 heavy (non-hydrogen) atoms. The van der Waals surface area contributed by atoms with Crippen molar-refractivity contribution in [3.8, 4) is 11.5 Å². The number of benzene rings is 1. The molecule has 0 saturated heterocycles. The Morgan fingerprint density at radius 3 is 2.66 bits per heavy atom. The lowest BCUT2D eigenvalue weighted by molar-refractivity contribution is 0.0958. The fraction of sp³-hybridized carbons (Fsp3) is 0.240. The lowest BCUT2D eigenvalue weighted by Crippen LogP contribution is -2.32. The summed E-state index contributed by atoms with van der Waals surface area (Å²) >= 11 is 1.57. The predicted molar refractivity (Wildman–Crippen MR) is 133 cm³/mol. The van der Waals surface area contributed by atoms with Gasteiger partial charge in [-0.3, -0.25) is 9.78 Å². The molecule has 1 amide bonds. The van der Waals surface area contributed by atoms with E-state index in [1.807, 2.05) is 49.4 Å². The number of carbonyl (C=O) groups is 1. The highest BCUT2D eigenvalue weighted by Crippen LogP contribution is 2.33. The van der Waals surface area contributed by atoms with Gasteiger partial charge in [0.2, 0.25) is 0 Å². The van der Waals surface area contributed by atoms with Gasteiger partial charge in [-0.15, -0.1) is 0 Å². The molecule has 2 N–H and O–H groups in total. The van der Waals surface area contributed by atoms with Crippen molar-refractivity contribution >= 4 is 32.6 Å². The summed E-state index contributed by atoms with van der Waals surface area (Å²) in [5, 5.41) is 6.94. The molecule has 3 aromatic rings. The first-order chi connectivity index (χ1) is 15.3. The number of nitrogens with one attached hydrogen (secondary N) is 2. The van der Waals surface area contributed by atoms with Gasteiger partial charge in [0.05, 0.1) is 15.8 Å². The normalized spacial score (nSPS) is 12.6. The van der Waals surface area contributed by atoms with Crippen LogP contribution in [0, 0.1) is 0 Å². The Morgan fingerprint density at radius 1 is 1.12 bits per heavy atom. The number of hydrogen-bond donors (Lipinski definition) is 2. The fourth-order valence-electron chi connectivity index (χ4n) is 2.83. The van der Waals surface area contributed by atoms with E-state index in [0.29, 0.717) is 17.2 Å². The highest BCUT2D eigenvalue weighted by atomic mass is 32.1. The second kappa shape index (κ2) is 10.2. The molecule has 0 radical (unpaired) electrons. The molecular weight excluding hydrogens is 420 g/mol. The molecular formula is C25H28N4O2S. The fourth-order valence-corrected chi connectivity index (χ4v) is 3.89. The number of anilines is 1. The van der Waals surface area contributed by atoms with E-state index >= 15 is 0 Å². The van der Waals surface area contributed by atoms with E-state index in [4.69, 9.17) is 9.72 Å². The first-order valence-electron chi connectivity index (χ1n) is 10.3. The summed E-state index contributed by atoms with van der Waals surface area (Å²) < 4.78 is 6.96. The zero-order chi connectivity index (χ0) is 23.1. The van der Waals surface area contributed by atoms with Crippen LogP contribution in [0.1, 0.15) is 38.2 Å². The number of carbonyl (C=O) groups excluding carboxylic acids is 1. The molecule has 6 nitrogen and oxygen atoms in total. The van der Waals surface area contributed by atoms with Crippen molar-refractivity contribution in [3.05, 3.63) is 78.2 Å². The van der Waals surface area contributed by atoms with Crippen molar-refractivity contribution in [1.82, 2.24) is 15.3 Å². The quantitative estimate of drug-likeness (QED) is 0.407. The lowest BCUT2D eigenvalue weighted by Gasteiger charge is -2.27. The Labute approximate surface area is 192 Å². The maximum Gasteiger partial charge on any atom is 0.269 e. The van der Waals surface area contributed by atoms with Crippen LogP contribution in [0.5, 0.6) is 11.5 Å². The number of amides is 1. The number of aromatic nitrogens is 2. The molecule has 166 valence electrons. The zero-order valence-corrected chi connectivity index (χ0v) is 19.8. The molecule has 7 heteroatoms. The monoisotopic (exact) mass is 448 g/mol. The Morgan fingerprint density at radius 2 is 1.91 bits per heavy atom. The van der Waals surface area contributed by atoms with E-state index in [9.17, 15) is 4.79 Å². The van der Waals surface area contributed by atoms with E-state index in [1.165, 1.54) is 5.57 Å². The van der Waals surface area contributed by atoms with Crippen LogP contribution < -0.4 is 15.4 Å². The zero-order valence-electron chi connectivity index (χ0n) is 19.0. The molecule has 0 atom stereocenters. The van der Waals surface area contributed by atoms with E-state index in [2.05, 4.69) is 42.5 Å². The number of fused-ring (bicyclic) bond motifs is 1. The van der Waals surface area contributed by atoms with E-state index in [1.54, 1.807) is 36.7 Å². The highest BCUT2D eigenvalue weighted by Gasteiger charge is 2.21. The molecule has 2 aromatic heterocycles. The van der Waals surface area contributed by atoms with Gasteiger partial charge in [-0.05, 0) is 51.5 Å². The third-order valence-electron chi connectivity index (χ3n) is 4.95. The standard InChI is InChI=1S/C25H28N4O2S/c1-6-7-8-9-10-17(2)25(3,4)29-24-28-20-12-11-18(16-22(20)32-24)31-19-13-14-27-21(15-19)23(30)26-5/h6-16H,1-5H3,(H,26,30)(H,28,29)/b7-6-,9-8-,17-10+. The second-order valence-electron chi connectivity index (χ2n) is 7.72. The number of rotatable bonds is 8. The van der Waals surface area contributed by atoms with Crippen molar-refractivity contribution < 1.29 is 9.53 Å². The van der Waals surface area contributed by atoms with Gasteiger partial charge < -0.3 is 15.4 Å². The van der Waals surface area contributed by atoms with Gasteiger partial charge in [0.15, 0.2) is 5.13 Å². The van der Waals surface area contributed by atoms with Crippen LogP contribution in [-0.2, 0) is 0 Å². The molecule has 0 fully saturated rings. The van der Waals surface area contributed by atoms with Crippen LogP contribution in [0.25, 0.3) is 10.2 Å². The van der Waals surface area contributed by atoms with Crippen LogP contribution in [0.2, 0.25) is 0 Å². The summed E-state index contributed by atoms with van der Waals surface area (Å²) in [6.07, 6.45) is 11.7. The molecule has 0 bridgehead atoms. The second-order valence-corrected chi connectivity index (χ2v) is 8.75. The third-order valence-corrected chi connectivity index (χ3v) is 5.89. The van der Waals surface area contributed by atoms with Crippen LogP contribution in [0.4, 0.5) is 5.13 Å². The summed E-state index contributed by atoms with van der Waals surface area (Å²) in [4.78, 5) is 20.6. The van der Waals surface area contributed by atoms with E-state index in [0.717, 1.165) is 15.3 Å².